The molecule has 0 aromatic carbocycles. The molecule has 0 aliphatic rings. The summed E-state index contributed by atoms with van der Waals surface area (Å²) in [5, 5.41) is 11.4. The van der Waals surface area contributed by atoms with E-state index in [0.29, 0.717) is 19.3 Å². The molecular weight excluding hydrogens is 206 g/mol. The highest BCUT2D eigenvalue weighted by Gasteiger charge is 2.17. The maximum atomic E-state index is 11.5. The minimum Gasteiger partial charge on any atom is -0.481 e. The molecule has 0 aromatic rings. The zero-order chi connectivity index (χ0) is 12.8. The Balaban J connectivity index is 3.74. The van der Waals surface area contributed by atoms with Gasteiger partial charge >= 0.3 is 5.97 Å². The van der Waals surface area contributed by atoms with Gasteiger partial charge in [-0.1, -0.05) is 20.8 Å². The summed E-state index contributed by atoms with van der Waals surface area (Å²) in [5.41, 5.74) is -0.00906. The highest BCUT2D eigenvalue weighted by Crippen LogP contribution is 2.18. The maximum Gasteiger partial charge on any atom is 0.303 e. The molecule has 0 saturated heterocycles. The molecular formula is C12H23NO3. The minimum atomic E-state index is -0.784. The number of carboxylic acids is 1. The third-order valence-corrected chi connectivity index (χ3v) is 2.13. The Kier molecular flexibility index (Phi) is 6.08. The molecule has 0 spiro atoms. The van der Waals surface area contributed by atoms with Crippen LogP contribution in [0.3, 0.4) is 0 Å². The largest absolute Gasteiger partial charge is 0.481 e. The molecule has 0 aliphatic heterocycles. The smallest absolute Gasteiger partial charge is 0.303 e. The molecule has 1 unspecified atom stereocenters. The molecule has 0 saturated carbocycles. The normalized spacial score (nSPS) is 13.2. The van der Waals surface area contributed by atoms with E-state index in [1.807, 2.05) is 27.7 Å². The second kappa shape index (κ2) is 6.51. The van der Waals surface area contributed by atoms with Crippen LogP contribution in [-0.4, -0.2) is 23.0 Å². The van der Waals surface area contributed by atoms with E-state index in [2.05, 4.69) is 5.32 Å². The Morgan fingerprint density at radius 3 is 2.31 bits per heavy atom. The topological polar surface area (TPSA) is 66.4 Å². The molecule has 0 rings (SSSR count). The minimum absolute atomic E-state index is 0.00906. The van der Waals surface area contributed by atoms with Crippen LogP contribution in [0.1, 0.15) is 53.4 Å². The van der Waals surface area contributed by atoms with Crippen LogP contribution in [0.2, 0.25) is 0 Å². The fourth-order valence-electron chi connectivity index (χ4n) is 1.44. The van der Waals surface area contributed by atoms with Crippen LogP contribution >= 0.6 is 0 Å². The van der Waals surface area contributed by atoms with Gasteiger partial charge in [-0.3, -0.25) is 9.59 Å². The SMILES string of the molecule is CC(CCCC(=O)O)NC(=O)CC(C)(C)C. The number of carbonyl (C=O) groups excluding carboxylic acids is 1. The quantitative estimate of drug-likeness (QED) is 0.733. The zero-order valence-corrected chi connectivity index (χ0v) is 10.7. The van der Waals surface area contributed by atoms with Crippen LogP contribution in [0, 0.1) is 5.41 Å². The number of carboxylic acid groups (broad SMARTS) is 1. The number of amides is 1. The summed E-state index contributed by atoms with van der Waals surface area (Å²) in [6, 6.07) is 0.0502. The third kappa shape index (κ3) is 9.49. The molecule has 2 N–H and O–H groups in total. The van der Waals surface area contributed by atoms with Gasteiger partial charge in [0.15, 0.2) is 0 Å². The fourth-order valence-corrected chi connectivity index (χ4v) is 1.44. The van der Waals surface area contributed by atoms with Gasteiger partial charge in [0.05, 0.1) is 0 Å². The molecule has 0 aliphatic carbocycles. The van der Waals surface area contributed by atoms with Crippen molar-refractivity contribution < 1.29 is 14.7 Å². The highest BCUT2D eigenvalue weighted by molar-refractivity contribution is 5.76. The van der Waals surface area contributed by atoms with Gasteiger partial charge in [0.1, 0.15) is 0 Å². The Bertz CT molecular complexity index is 243. The second-order valence-electron chi connectivity index (χ2n) is 5.49. The van der Waals surface area contributed by atoms with Crippen molar-refractivity contribution in [3.63, 3.8) is 0 Å². The van der Waals surface area contributed by atoms with Crippen molar-refractivity contribution in [2.75, 3.05) is 0 Å². The Labute approximate surface area is 97.4 Å². The van der Waals surface area contributed by atoms with E-state index in [0.717, 1.165) is 0 Å². The number of carbonyl (C=O) groups is 2. The van der Waals surface area contributed by atoms with Crippen LogP contribution in [0.25, 0.3) is 0 Å². The first-order valence-corrected chi connectivity index (χ1v) is 5.72. The van der Waals surface area contributed by atoms with Crippen molar-refractivity contribution in [1.29, 1.82) is 0 Å². The molecule has 94 valence electrons. The van der Waals surface area contributed by atoms with Gasteiger partial charge in [-0.25, -0.2) is 0 Å². The summed E-state index contributed by atoms with van der Waals surface area (Å²) >= 11 is 0. The van der Waals surface area contributed by atoms with E-state index in [4.69, 9.17) is 5.11 Å². The number of hydrogen-bond donors (Lipinski definition) is 2. The molecule has 0 aromatic heterocycles. The van der Waals surface area contributed by atoms with Crippen molar-refractivity contribution in [2.45, 2.75) is 59.4 Å². The summed E-state index contributed by atoms with van der Waals surface area (Å²) in [6.45, 7) is 7.95. The van der Waals surface area contributed by atoms with Crippen LogP contribution in [-0.2, 0) is 9.59 Å². The summed E-state index contributed by atoms with van der Waals surface area (Å²) in [7, 11) is 0. The number of aliphatic carboxylic acids is 1. The van der Waals surface area contributed by atoms with Gasteiger partial charge in [-0.05, 0) is 25.2 Å². The van der Waals surface area contributed by atoms with Crippen molar-refractivity contribution in [3.8, 4) is 0 Å². The standard InChI is InChI=1S/C12H23NO3/c1-9(6-5-7-11(15)16)13-10(14)8-12(2,3)4/h9H,5-8H2,1-4H3,(H,13,14)(H,15,16). The monoisotopic (exact) mass is 229 g/mol. The molecule has 1 atom stereocenters. The van der Waals surface area contributed by atoms with Gasteiger partial charge < -0.3 is 10.4 Å². The predicted molar refractivity (Wildman–Crippen MR) is 63.2 cm³/mol. The van der Waals surface area contributed by atoms with Gasteiger partial charge in [0, 0.05) is 18.9 Å². The highest BCUT2D eigenvalue weighted by atomic mass is 16.4. The lowest BCUT2D eigenvalue weighted by Crippen LogP contribution is -2.34. The van der Waals surface area contributed by atoms with E-state index in [1.165, 1.54) is 0 Å². The number of nitrogens with one attached hydrogen (secondary N) is 1. The summed E-state index contributed by atoms with van der Waals surface area (Å²) in [5.74, 6) is -0.747. The first-order valence-electron chi connectivity index (χ1n) is 5.72. The molecule has 0 heterocycles. The van der Waals surface area contributed by atoms with Crippen molar-refractivity contribution in [3.05, 3.63) is 0 Å². The first kappa shape index (κ1) is 14.9. The summed E-state index contributed by atoms with van der Waals surface area (Å²) in [4.78, 5) is 21.8. The van der Waals surface area contributed by atoms with E-state index < -0.39 is 5.97 Å². The zero-order valence-electron chi connectivity index (χ0n) is 10.7. The summed E-state index contributed by atoms with van der Waals surface area (Å²) < 4.78 is 0. The average molecular weight is 229 g/mol. The summed E-state index contributed by atoms with van der Waals surface area (Å²) in [6.07, 6.45) is 1.98. The number of rotatable bonds is 6. The van der Waals surface area contributed by atoms with Crippen LogP contribution in [0.15, 0.2) is 0 Å². The second-order valence-corrected chi connectivity index (χ2v) is 5.49. The third-order valence-electron chi connectivity index (χ3n) is 2.13. The molecule has 1 amide bonds. The maximum absolute atomic E-state index is 11.5. The van der Waals surface area contributed by atoms with E-state index in [9.17, 15) is 9.59 Å². The Hall–Kier alpha value is -1.06. The number of hydrogen-bond acceptors (Lipinski definition) is 2. The molecule has 16 heavy (non-hydrogen) atoms. The average Bonchev–Trinajstić information content (AvgIpc) is 1.98. The van der Waals surface area contributed by atoms with Gasteiger partial charge in [0.25, 0.3) is 0 Å². The molecule has 4 nitrogen and oxygen atoms in total. The predicted octanol–water partition coefficient (Wildman–Crippen LogP) is 2.18. The van der Waals surface area contributed by atoms with Crippen molar-refractivity contribution in [1.82, 2.24) is 5.32 Å². The van der Waals surface area contributed by atoms with Crippen LogP contribution in [0.4, 0.5) is 0 Å². The van der Waals surface area contributed by atoms with Gasteiger partial charge in [-0.2, -0.15) is 0 Å². The van der Waals surface area contributed by atoms with Gasteiger partial charge in [-0.15, -0.1) is 0 Å². The van der Waals surface area contributed by atoms with Crippen molar-refractivity contribution in [2.24, 2.45) is 5.41 Å². The first-order chi connectivity index (χ1) is 7.20. The molecule has 0 bridgehead atoms. The molecule has 0 radical (unpaired) electrons. The van der Waals surface area contributed by atoms with E-state index in [1.54, 1.807) is 0 Å². The fraction of sp³-hybridized carbons (Fsp3) is 0.833. The molecule has 4 heteroatoms. The van der Waals surface area contributed by atoms with E-state index >= 15 is 0 Å². The Morgan fingerprint density at radius 1 is 1.31 bits per heavy atom. The van der Waals surface area contributed by atoms with Gasteiger partial charge in [0.2, 0.25) is 5.91 Å². The lowest BCUT2D eigenvalue weighted by atomic mass is 9.92. The van der Waals surface area contributed by atoms with Crippen LogP contribution < -0.4 is 5.32 Å². The molecule has 0 fully saturated rings. The van der Waals surface area contributed by atoms with E-state index in [-0.39, 0.29) is 23.8 Å². The van der Waals surface area contributed by atoms with Crippen molar-refractivity contribution >= 4 is 11.9 Å². The van der Waals surface area contributed by atoms with Crippen LogP contribution in [0.5, 0.6) is 0 Å². The Morgan fingerprint density at radius 2 is 1.88 bits per heavy atom. The lowest BCUT2D eigenvalue weighted by molar-refractivity contribution is -0.137. The lowest BCUT2D eigenvalue weighted by Gasteiger charge is -2.20.